The maximum Gasteiger partial charge on any atom is 0.193 e. The van der Waals surface area contributed by atoms with E-state index in [2.05, 4.69) is 37.7 Å². The summed E-state index contributed by atoms with van der Waals surface area (Å²) in [6, 6.07) is 8.23. The van der Waals surface area contributed by atoms with Gasteiger partial charge in [0.25, 0.3) is 0 Å². The predicted octanol–water partition coefficient (Wildman–Crippen LogP) is 4.46. The van der Waals surface area contributed by atoms with E-state index in [9.17, 15) is 0 Å². The van der Waals surface area contributed by atoms with Gasteiger partial charge in [-0.3, -0.25) is 4.99 Å². The molecule has 0 spiro atoms. The molecule has 0 radical (unpaired) electrons. The third kappa shape index (κ3) is 5.08. The van der Waals surface area contributed by atoms with E-state index in [1.54, 1.807) is 11.3 Å². The van der Waals surface area contributed by atoms with Gasteiger partial charge < -0.3 is 10.2 Å². The minimum atomic E-state index is 0. The number of aromatic nitrogens is 1. The van der Waals surface area contributed by atoms with Crippen LogP contribution in [0.25, 0.3) is 0 Å². The van der Waals surface area contributed by atoms with E-state index in [-0.39, 0.29) is 29.4 Å². The highest BCUT2D eigenvalue weighted by Gasteiger charge is 2.44. The number of hydrogen-bond donors (Lipinski definition) is 1. The Morgan fingerprint density at radius 2 is 2.04 bits per heavy atom. The summed E-state index contributed by atoms with van der Waals surface area (Å²) in [6.45, 7) is 3.68. The number of benzene rings is 1. The van der Waals surface area contributed by atoms with Crippen LogP contribution in [0.2, 0.25) is 5.02 Å². The number of aliphatic imine (C=N–C) groups is 1. The molecule has 1 fully saturated rings. The van der Waals surface area contributed by atoms with E-state index in [1.807, 2.05) is 33.2 Å². The molecule has 1 aromatic carbocycles. The van der Waals surface area contributed by atoms with Crippen LogP contribution in [-0.2, 0) is 12.0 Å². The molecule has 3 rings (SSSR count). The van der Waals surface area contributed by atoms with Crippen LogP contribution in [0.3, 0.4) is 0 Å². The molecule has 1 heterocycles. The molecule has 0 bridgehead atoms. The van der Waals surface area contributed by atoms with E-state index in [4.69, 9.17) is 11.6 Å². The Bertz CT molecular complexity index is 725. The van der Waals surface area contributed by atoms with Gasteiger partial charge in [0.1, 0.15) is 0 Å². The third-order valence-corrected chi connectivity index (χ3v) is 5.61. The van der Waals surface area contributed by atoms with E-state index in [1.165, 1.54) is 18.4 Å². The van der Waals surface area contributed by atoms with E-state index in [0.29, 0.717) is 0 Å². The third-order valence-electron chi connectivity index (χ3n) is 4.53. The number of rotatable bonds is 5. The molecular formula is C18H24ClIN4S. The molecule has 0 aliphatic heterocycles. The monoisotopic (exact) mass is 490 g/mol. The molecule has 0 amide bonds. The zero-order valence-electron chi connectivity index (χ0n) is 14.8. The van der Waals surface area contributed by atoms with E-state index in [0.717, 1.165) is 34.8 Å². The maximum absolute atomic E-state index is 6.01. The number of thiazole rings is 1. The van der Waals surface area contributed by atoms with Gasteiger partial charge in [-0.05, 0) is 37.5 Å². The Hall–Kier alpha value is -0.860. The molecular weight excluding hydrogens is 467 g/mol. The van der Waals surface area contributed by atoms with Crippen molar-refractivity contribution in [2.24, 2.45) is 4.99 Å². The van der Waals surface area contributed by atoms with Crippen LogP contribution >= 0.6 is 46.9 Å². The average Bonchev–Trinajstić information content (AvgIpc) is 3.24. The first-order valence-corrected chi connectivity index (χ1v) is 9.37. The van der Waals surface area contributed by atoms with Gasteiger partial charge in [0.2, 0.25) is 0 Å². The fourth-order valence-electron chi connectivity index (χ4n) is 2.95. The summed E-state index contributed by atoms with van der Waals surface area (Å²) in [4.78, 5) is 11.1. The van der Waals surface area contributed by atoms with Gasteiger partial charge in [-0.15, -0.1) is 35.3 Å². The topological polar surface area (TPSA) is 40.5 Å². The van der Waals surface area contributed by atoms with Crippen molar-refractivity contribution < 1.29 is 0 Å². The maximum atomic E-state index is 6.01. The molecule has 25 heavy (non-hydrogen) atoms. The van der Waals surface area contributed by atoms with Gasteiger partial charge in [0.05, 0.1) is 17.2 Å². The Balaban J connectivity index is 0.00000225. The SMILES string of the molecule is CN=C(NCC1(c2ccc(Cl)cc2)CC1)N(C)Cc1csc(C)n1.I. The second kappa shape index (κ2) is 8.68. The summed E-state index contributed by atoms with van der Waals surface area (Å²) in [6.07, 6.45) is 2.40. The van der Waals surface area contributed by atoms with Crippen LogP contribution in [0.5, 0.6) is 0 Å². The lowest BCUT2D eigenvalue weighted by Crippen LogP contribution is -2.42. The minimum Gasteiger partial charge on any atom is -0.355 e. The van der Waals surface area contributed by atoms with Gasteiger partial charge in [-0.1, -0.05) is 23.7 Å². The average molecular weight is 491 g/mol. The number of aryl methyl sites for hydroxylation is 1. The molecule has 1 N–H and O–H groups in total. The van der Waals surface area contributed by atoms with Crippen molar-refractivity contribution in [1.29, 1.82) is 0 Å². The lowest BCUT2D eigenvalue weighted by Gasteiger charge is -2.24. The molecule has 1 aliphatic rings. The van der Waals surface area contributed by atoms with Crippen LogP contribution < -0.4 is 5.32 Å². The first-order chi connectivity index (χ1) is 11.5. The summed E-state index contributed by atoms with van der Waals surface area (Å²) < 4.78 is 0. The van der Waals surface area contributed by atoms with Crippen molar-refractivity contribution >= 4 is 52.9 Å². The van der Waals surface area contributed by atoms with Crippen molar-refractivity contribution in [1.82, 2.24) is 15.2 Å². The molecule has 136 valence electrons. The summed E-state index contributed by atoms with van der Waals surface area (Å²) in [5, 5.41) is 7.52. The Labute approximate surface area is 175 Å². The molecule has 1 aliphatic carbocycles. The zero-order chi connectivity index (χ0) is 17.2. The molecule has 4 nitrogen and oxygen atoms in total. The van der Waals surface area contributed by atoms with Gasteiger partial charge >= 0.3 is 0 Å². The van der Waals surface area contributed by atoms with Crippen molar-refractivity contribution in [2.45, 2.75) is 31.7 Å². The van der Waals surface area contributed by atoms with Crippen LogP contribution in [0.15, 0.2) is 34.6 Å². The van der Waals surface area contributed by atoms with Crippen LogP contribution in [0.4, 0.5) is 0 Å². The number of nitrogens with one attached hydrogen (secondary N) is 1. The first kappa shape index (κ1) is 20.5. The zero-order valence-corrected chi connectivity index (χ0v) is 18.7. The highest BCUT2D eigenvalue weighted by atomic mass is 127. The smallest absolute Gasteiger partial charge is 0.193 e. The van der Waals surface area contributed by atoms with Crippen LogP contribution in [0, 0.1) is 6.92 Å². The summed E-state index contributed by atoms with van der Waals surface area (Å²) >= 11 is 7.69. The Morgan fingerprint density at radius 3 is 2.56 bits per heavy atom. The van der Waals surface area contributed by atoms with Crippen molar-refractivity contribution in [3.05, 3.63) is 50.9 Å². The van der Waals surface area contributed by atoms with Gasteiger partial charge in [0, 0.05) is 36.5 Å². The Kier molecular flexibility index (Phi) is 7.10. The minimum absolute atomic E-state index is 0. The number of hydrogen-bond acceptors (Lipinski definition) is 3. The fourth-order valence-corrected chi connectivity index (χ4v) is 3.68. The molecule has 1 aromatic heterocycles. The molecule has 0 atom stereocenters. The van der Waals surface area contributed by atoms with Gasteiger partial charge in [-0.25, -0.2) is 4.98 Å². The highest BCUT2D eigenvalue weighted by molar-refractivity contribution is 14.0. The second-order valence-corrected chi connectivity index (χ2v) is 7.90. The van der Waals surface area contributed by atoms with E-state index < -0.39 is 0 Å². The lowest BCUT2D eigenvalue weighted by atomic mass is 9.96. The molecule has 0 unspecified atom stereocenters. The van der Waals surface area contributed by atoms with Crippen LogP contribution in [-0.4, -0.2) is 36.5 Å². The Morgan fingerprint density at radius 1 is 1.36 bits per heavy atom. The number of nitrogens with zero attached hydrogens (tertiary/aromatic N) is 3. The highest BCUT2D eigenvalue weighted by Crippen LogP contribution is 2.47. The van der Waals surface area contributed by atoms with Crippen molar-refractivity contribution in [3.8, 4) is 0 Å². The summed E-state index contributed by atoms with van der Waals surface area (Å²) in [7, 11) is 3.87. The van der Waals surface area contributed by atoms with Crippen LogP contribution in [0.1, 0.15) is 29.1 Å². The lowest BCUT2D eigenvalue weighted by molar-refractivity contribution is 0.464. The quantitative estimate of drug-likeness (QED) is 0.382. The van der Waals surface area contributed by atoms with E-state index >= 15 is 0 Å². The number of guanidine groups is 1. The number of halogens is 2. The summed E-state index contributed by atoms with van der Waals surface area (Å²) in [5.74, 6) is 0.904. The standard InChI is InChI=1S/C18H23ClN4S.HI/c1-13-22-16(11-24-13)10-23(3)17(20-2)21-12-18(8-9-18)14-4-6-15(19)7-5-14;/h4-7,11H,8-10,12H2,1-3H3,(H,20,21);1H. The summed E-state index contributed by atoms with van der Waals surface area (Å²) in [5.41, 5.74) is 2.66. The molecule has 1 saturated carbocycles. The predicted molar refractivity (Wildman–Crippen MR) is 117 cm³/mol. The van der Waals surface area contributed by atoms with Gasteiger partial charge in [0.15, 0.2) is 5.96 Å². The molecule has 2 aromatic rings. The largest absolute Gasteiger partial charge is 0.355 e. The normalized spacial score (nSPS) is 15.4. The van der Waals surface area contributed by atoms with Crippen molar-refractivity contribution in [3.63, 3.8) is 0 Å². The second-order valence-electron chi connectivity index (χ2n) is 6.40. The molecule has 7 heteroatoms. The van der Waals surface area contributed by atoms with Crippen molar-refractivity contribution in [2.75, 3.05) is 20.6 Å². The first-order valence-electron chi connectivity index (χ1n) is 8.11. The fraction of sp³-hybridized carbons (Fsp3) is 0.444. The van der Waals surface area contributed by atoms with Gasteiger partial charge in [-0.2, -0.15) is 0 Å². The molecule has 0 saturated heterocycles.